The van der Waals surface area contributed by atoms with Crippen LogP contribution in [0.2, 0.25) is 0 Å². The lowest BCUT2D eigenvalue weighted by atomic mass is 10.1. The van der Waals surface area contributed by atoms with Gasteiger partial charge < -0.3 is 14.3 Å². The molecule has 0 fully saturated rings. The summed E-state index contributed by atoms with van der Waals surface area (Å²) in [6, 6.07) is 14.1. The number of oxime groups is 1. The highest BCUT2D eigenvalue weighted by atomic mass is 16.6. The molecule has 3 aromatic rings. The zero-order chi connectivity index (χ0) is 24.7. The van der Waals surface area contributed by atoms with Gasteiger partial charge in [0.25, 0.3) is 0 Å². The molecule has 1 aromatic carbocycles. The van der Waals surface area contributed by atoms with Crippen molar-refractivity contribution in [1.82, 2.24) is 25.2 Å². The molecule has 0 aliphatic carbocycles. The molecule has 2 heterocycles. The average molecular weight is 467 g/mol. The van der Waals surface area contributed by atoms with Crippen molar-refractivity contribution in [2.24, 2.45) is 12.2 Å². The van der Waals surface area contributed by atoms with E-state index in [1.165, 1.54) is 10.7 Å². The van der Waals surface area contributed by atoms with E-state index in [-0.39, 0.29) is 12.4 Å². The van der Waals surface area contributed by atoms with Gasteiger partial charge in [-0.05, 0) is 43.3 Å². The first kappa shape index (κ1) is 24.3. The Bertz CT molecular complexity index is 1170. The Morgan fingerprint density at radius 2 is 1.79 bits per heavy atom. The second kappa shape index (κ2) is 10.5. The van der Waals surface area contributed by atoms with E-state index in [0.717, 1.165) is 12.7 Å². The largest absolute Gasteiger partial charge is 0.452 e. The molecular formula is C22H25N7O5. The predicted octanol–water partition coefficient (Wildman–Crippen LogP) is 3.08. The number of hydrogen-bond acceptors (Lipinski definition) is 10. The summed E-state index contributed by atoms with van der Waals surface area (Å²) in [5, 5.41) is 15.7. The molecule has 0 unspecified atom stereocenters. The molecule has 0 spiro atoms. The standard InChI is InChI=1S/C22H25N7O5/c1-22(2,3)34-21(31)29(20(30)32-5)17-13-9-12-16(23-17)14-33-25-18(15-10-7-6-8-11-15)19-24-26-27-28(19)4/h6-13H,14H2,1-5H3/b25-18-. The lowest BCUT2D eigenvalue weighted by Gasteiger charge is -2.24. The summed E-state index contributed by atoms with van der Waals surface area (Å²) >= 11 is 0. The molecule has 178 valence electrons. The third-order valence-electron chi connectivity index (χ3n) is 4.20. The van der Waals surface area contributed by atoms with Crippen LogP contribution in [-0.2, 0) is 28.0 Å². The molecule has 34 heavy (non-hydrogen) atoms. The summed E-state index contributed by atoms with van der Waals surface area (Å²) in [5.41, 5.74) is 0.765. The highest BCUT2D eigenvalue weighted by molar-refractivity contribution is 6.10. The first-order valence-corrected chi connectivity index (χ1v) is 10.2. The van der Waals surface area contributed by atoms with E-state index < -0.39 is 17.8 Å². The smallest absolute Gasteiger partial charge is 0.425 e. The Morgan fingerprint density at radius 3 is 2.41 bits per heavy atom. The Kier molecular flexibility index (Phi) is 7.51. The molecular weight excluding hydrogens is 442 g/mol. The Morgan fingerprint density at radius 1 is 1.06 bits per heavy atom. The van der Waals surface area contributed by atoms with E-state index in [2.05, 4.69) is 25.7 Å². The minimum atomic E-state index is -0.931. The van der Waals surface area contributed by atoms with Gasteiger partial charge >= 0.3 is 12.2 Å². The monoisotopic (exact) mass is 467 g/mol. The number of nitrogens with zero attached hydrogens (tertiary/aromatic N) is 7. The van der Waals surface area contributed by atoms with Crippen LogP contribution in [0.3, 0.4) is 0 Å². The average Bonchev–Trinajstić information content (AvgIpc) is 3.22. The van der Waals surface area contributed by atoms with Gasteiger partial charge in [-0.2, -0.15) is 4.90 Å². The normalized spacial score (nSPS) is 11.6. The van der Waals surface area contributed by atoms with Crippen molar-refractivity contribution >= 4 is 23.7 Å². The number of amides is 2. The minimum absolute atomic E-state index is 0.0203. The molecule has 0 radical (unpaired) electrons. The Labute approximate surface area is 196 Å². The fraction of sp³-hybridized carbons (Fsp3) is 0.318. The van der Waals surface area contributed by atoms with E-state index in [9.17, 15) is 9.59 Å². The van der Waals surface area contributed by atoms with Crippen molar-refractivity contribution in [2.45, 2.75) is 33.0 Å². The van der Waals surface area contributed by atoms with Crippen molar-refractivity contribution < 1.29 is 23.9 Å². The number of anilines is 1. The predicted molar refractivity (Wildman–Crippen MR) is 121 cm³/mol. The van der Waals surface area contributed by atoms with Crippen LogP contribution in [0, 0.1) is 0 Å². The second-order valence-electron chi connectivity index (χ2n) is 7.98. The molecule has 12 heteroatoms. The maximum Gasteiger partial charge on any atom is 0.425 e. The Hall–Kier alpha value is -4.35. The molecule has 0 aliphatic heterocycles. The van der Waals surface area contributed by atoms with Crippen LogP contribution in [0.4, 0.5) is 15.4 Å². The number of imide groups is 1. The summed E-state index contributed by atoms with van der Waals surface area (Å²) in [6.45, 7) is 5.01. The molecule has 0 saturated heterocycles. The fourth-order valence-electron chi connectivity index (χ4n) is 2.74. The third kappa shape index (κ3) is 6.12. The van der Waals surface area contributed by atoms with Gasteiger partial charge in [0.2, 0.25) is 5.82 Å². The van der Waals surface area contributed by atoms with Crippen molar-refractivity contribution in [1.29, 1.82) is 0 Å². The summed E-state index contributed by atoms with van der Waals surface area (Å²) in [5.74, 6) is 0.432. The maximum atomic E-state index is 12.6. The molecule has 0 aliphatic rings. The van der Waals surface area contributed by atoms with E-state index in [4.69, 9.17) is 14.3 Å². The quantitative estimate of drug-likeness (QED) is 0.396. The molecule has 12 nitrogen and oxygen atoms in total. The number of aromatic nitrogens is 5. The first-order valence-electron chi connectivity index (χ1n) is 10.2. The number of benzene rings is 1. The number of methoxy groups -OCH3 is 1. The minimum Gasteiger partial charge on any atom is -0.452 e. The van der Waals surface area contributed by atoms with Gasteiger partial charge in [-0.25, -0.2) is 19.3 Å². The van der Waals surface area contributed by atoms with Crippen LogP contribution in [0.15, 0.2) is 53.7 Å². The molecule has 2 amide bonds. The lowest BCUT2D eigenvalue weighted by molar-refractivity contribution is 0.0574. The molecule has 2 aromatic heterocycles. The van der Waals surface area contributed by atoms with Gasteiger partial charge in [-0.15, -0.1) is 5.10 Å². The molecule has 0 atom stereocenters. The molecule has 0 N–H and O–H groups in total. The third-order valence-corrected chi connectivity index (χ3v) is 4.20. The summed E-state index contributed by atoms with van der Waals surface area (Å²) in [7, 11) is 2.85. The van der Waals surface area contributed by atoms with Gasteiger partial charge in [-0.1, -0.05) is 41.6 Å². The highest BCUT2D eigenvalue weighted by Crippen LogP contribution is 2.18. The topological polar surface area (TPSA) is 134 Å². The second-order valence-corrected chi connectivity index (χ2v) is 7.98. The lowest BCUT2D eigenvalue weighted by Crippen LogP contribution is -2.41. The summed E-state index contributed by atoms with van der Waals surface area (Å²) in [4.78, 5) is 35.4. The zero-order valence-electron chi connectivity index (χ0n) is 19.5. The van der Waals surface area contributed by atoms with E-state index in [1.807, 2.05) is 30.3 Å². The van der Waals surface area contributed by atoms with Gasteiger partial charge in [0.05, 0.1) is 12.8 Å². The van der Waals surface area contributed by atoms with Gasteiger partial charge in [0, 0.05) is 12.6 Å². The van der Waals surface area contributed by atoms with Crippen LogP contribution in [0.5, 0.6) is 0 Å². The van der Waals surface area contributed by atoms with Crippen LogP contribution in [0.1, 0.15) is 37.9 Å². The van der Waals surface area contributed by atoms with Gasteiger partial charge in [0.15, 0.2) is 12.3 Å². The van der Waals surface area contributed by atoms with E-state index >= 15 is 0 Å². The number of hydrogen-bond donors (Lipinski definition) is 0. The van der Waals surface area contributed by atoms with E-state index in [0.29, 0.717) is 22.1 Å². The number of carbonyl (C=O) groups is 2. The molecule has 3 rings (SSSR count). The number of ether oxygens (including phenoxy) is 2. The fourth-order valence-corrected chi connectivity index (χ4v) is 2.74. The van der Waals surface area contributed by atoms with Crippen molar-refractivity contribution in [2.75, 3.05) is 12.0 Å². The molecule has 0 bridgehead atoms. The van der Waals surface area contributed by atoms with Crippen LogP contribution >= 0.6 is 0 Å². The van der Waals surface area contributed by atoms with Gasteiger partial charge in [0.1, 0.15) is 11.4 Å². The number of pyridine rings is 1. The Balaban J connectivity index is 1.83. The maximum absolute atomic E-state index is 12.6. The van der Waals surface area contributed by atoms with Crippen LogP contribution < -0.4 is 4.90 Å². The highest BCUT2D eigenvalue weighted by Gasteiger charge is 2.30. The number of carbonyl (C=O) groups excluding carboxylic acids is 2. The van der Waals surface area contributed by atoms with Crippen molar-refractivity contribution in [3.8, 4) is 0 Å². The zero-order valence-corrected chi connectivity index (χ0v) is 19.5. The number of tetrazole rings is 1. The summed E-state index contributed by atoms with van der Waals surface area (Å²) in [6.07, 6.45) is -1.84. The number of aryl methyl sites for hydroxylation is 1. The van der Waals surface area contributed by atoms with Crippen molar-refractivity contribution in [3.63, 3.8) is 0 Å². The van der Waals surface area contributed by atoms with Crippen molar-refractivity contribution in [3.05, 3.63) is 65.6 Å². The molecule has 0 saturated carbocycles. The van der Waals surface area contributed by atoms with E-state index in [1.54, 1.807) is 40.0 Å². The van der Waals surface area contributed by atoms with Crippen LogP contribution in [0.25, 0.3) is 0 Å². The SMILES string of the molecule is COC(=O)N(C(=O)OC(C)(C)C)c1cccc(CO/N=C(/c2ccccc2)c2nnnn2C)n1. The number of rotatable bonds is 6. The van der Waals surface area contributed by atoms with Gasteiger partial charge in [-0.3, -0.25) is 0 Å². The first-order chi connectivity index (χ1) is 16.2. The summed E-state index contributed by atoms with van der Waals surface area (Å²) < 4.78 is 11.5. The van der Waals surface area contributed by atoms with Crippen LogP contribution in [-0.4, -0.2) is 55.8 Å².